The molecular weight excluding hydrogens is 408 g/mol. The number of benzene rings is 2. The molecule has 1 unspecified atom stereocenters. The summed E-state index contributed by atoms with van der Waals surface area (Å²) in [5.74, 6) is -0.854. The van der Waals surface area contributed by atoms with Gasteiger partial charge in [0.1, 0.15) is 5.56 Å². The molecule has 2 heterocycles. The van der Waals surface area contributed by atoms with Gasteiger partial charge in [0.25, 0.3) is 5.91 Å². The summed E-state index contributed by atoms with van der Waals surface area (Å²) in [5, 5.41) is 20.1. The van der Waals surface area contributed by atoms with E-state index >= 15 is 0 Å². The first kappa shape index (κ1) is 20.9. The van der Waals surface area contributed by atoms with Crippen LogP contribution in [-0.4, -0.2) is 44.6 Å². The Kier molecular flexibility index (Phi) is 5.52. The zero-order chi connectivity index (χ0) is 22.8. The lowest BCUT2D eigenvalue weighted by molar-refractivity contribution is 0.0657. The van der Waals surface area contributed by atoms with E-state index < -0.39 is 34.7 Å². The number of nitrogens with zero attached hydrogens (tertiary/aromatic N) is 2. The van der Waals surface area contributed by atoms with Gasteiger partial charge in [-0.1, -0.05) is 66.6 Å². The van der Waals surface area contributed by atoms with Crippen LogP contribution in [-0.2, 0) is 0 Å². The van der Waals surface area contributed by atoms with Gasteiger partial charge in [-0.15, -0.1) is 6.42 Å². The summed E-state index contributed by atoms with van der Waals surface area (Å²) in [4.78, 5) is 38.6. The minimum atomic E-state index is -1.48. The van der Waals surface area contributed by atoms with E-state index in [9.17, 15) is 24.6 Å². The molecule has 0 saturated heterocycles. The number of amides is 1. The Balaban J connectivity index is 2.01. The topological polar surface area (TPSA) is 99.8 Å². The van der Waals surface area contributed by atoms with Crippen LogP contribution in [0.3, 0.4) is 0 Å². The molecule has 1 aliphatic heterocycles. The number of carbonyl (C=O) groups excluding carboxylic acids is 1. The van der Waals surface area contributed by atoms with Crippen LogP contribution in [0.15, 0.2) is 71.7 Å². The fraction of sp³-hybridized carbons (Fsp3) is 0.160. The maximum absolute atomic E-state index is 13.1. The lowest BCUT2D eigenvalue weighted by Crippen LogP contribution is -2.46. The molecule has 3 aromatic rings. The zero-order valence-electron chi connectivity index (χ0n) is 17.0. The third-order valence-corrected chi connectivity index (χ3v) is 5.68. The maximum Gasteiger partial charge on any atom is 0.341 e. The number of carbonyl (C=O) groups is 2. The molecule has 0 spiro atoms. The average molecular weight is 428 g/mol. The summed E-state index contributed by atoms with van der Waals surface area (Å²) < 4.78 is 1.42. The second kappa shape index (κ2) is 8.44. The molecule has 0 fully saturated rings. The first-order valence-electron chi connectivity index (χ1n) is 9.98. The standard InChI is InChI=1S/C25H20N2O5/c1-2-13-26-15-19(20(16-9-5-3-6-10-16)17-11-7-4-8-12-17)27-14-18(25(31)32)22(28)23(29)21(27)24(26)30/h1,3-12,14,19-20,29H,13,15H2,(H,31,32). The summed E-state index contributed by atoms with van der Waals surface area (Å²) in [6.07, 6.45) is 6.61. The van der Waals surface area contributed by atoms with Gasteiger partial charge in [-0.2, -0.15) is 0 Å². The number of carboxylic acids is 1. The van der Waals surface area contributed by atoms with Crippen molar-refractivity contribution < 1.29 is 19.8 Å². The van der Waals surface area contributed by atoms with E-state index in [2.05, 4.69) is 5.92 Å². The van der Waals surface area contributed by atoms with Crippen LogP contribution in [0.1, 0.15) is 43.9 Å². The predicted molar refractivity (Wildman–Crippen MR) is 118 cm³/mol. The SMILES string of the molecule is C#CCN1CC(C(c2ccccc2)c2ccccc2)n2cc(C(=O)O)c(=O)c(O)c2C1=O. The van der Waals surface area contributed by atoms with E-state index in [-0.39, 0.29) is 24.7 Å². The van der Waals surface area contributed by atoms with E-state index in [1.165, 1.54) is 9.47 Å². The van der Waals surface area contributed by atoms with E-state index in [0.717, 1.165) is 17.3 Å². The van der Waals surface area contributed by atoms with Crippen LogP contribution in [0.2, 0.25) is 0 Å². The third kappa shape index (κ3) is 3.52. The molecule has 1 atom stereocenters. The summed E-state index contributed by atoms with van der Waals surface area (Å²) in [6, 6.07) is 18.6. The van der Waals surface area contributed by atoms with Crippen molar-refractivity contribution in [2.45, 2.75) is 12.0 Å². The second-order valence-electron chi connectivity index (χ2n) is 7.54. The lowest BCUT2D eigenvalue weighted by Gasteiger charge is -2.40. The normalized spacial score (nSPS) is 15.3. The van der Waals surface area contributed by atoms with Gasteiger partial charge in [-0.25, -0.2) is 4.79 Å². The minimum Gasteiger partial charge on any atom is -0.503 e. The third-order valence-electron chi connectivity index (χ3n) is 5.68. The number of carboxylic acid groups (broad SMARTS) is 1. The highest BCUT2D eigenvalue weighted by Gasteiger charge is 2.39. The molecule has 160 valence electrons. The number of pyridine rings is 1. The van der Waals surface area contributed by atoms with Crippen molar-refractivity contribution in [3.8, 4) is 18.1 Å². The Bertz CT molecular complexity index is 1240. The number of fused-ring (bicyclic) bond motifs is 1. The Hall–Kier alpha value is -4.31. The van der Waals surface area contributed by atoms with Gasteiger partial charge in [-0.3, -0.25) is 9.59 Å². The number of aromatic nitrogens is 1. The Morgan fingerprint density at radius 1 is 1.06 bits per heavy atom. The van der Waals surface area contributed by atoms with Crippen molar-refractivity contribution in [3.05, 3.63) is 99.5 Å². The molecule has 0 aliphatic carbocycles. The number of terminal acetylenes is 1. The van der Waals surface area contributed by atoms with Crippen molar-refractivity contribution in [2.24, 2.45) is 0 Å². The first-order chi connectivity index (χ1) is 15.4. The van der Waals surface area contributed by atoms with Crippen molar-refractivity contribution in [2.75, 3.05) is 13.1 Å². The minimum absolute atomic E-state index is 0.0139. The molecule has 1 aromatic heterocycles. The van der Waals surface area contributed by atoms with Crippen molar-refractivity contribution >= 4 is 11.9 Å². The molecule has 0 saturated carbocycles. The molecule has 2 aromatic carbocycles. The molecule has 7 nitrogen and oxygen atoms in total. The van der Waals surface area contributed by atoms with Gasteiger partial charge in [0.05, 0.1) is 12.6 Å². The number of hydrogen-bond acceptors (Lipinski definition) is 4. The maximum atomic E-state index is 13.1. The summed E-state index contributed by atoms with van der Waals surface area (Å²) in [5.41, 5.74) is -0.105. The zero-order valence-corrected chi connectivity index (χ0v) is 17.0. The van der Waals surface area contributed by atoms with Crippen LogP contribution in [0.5, 0.6) is 5.75 Å². The highest BCUT2D eigenvalue weighted by molar-refractivity contribution is 5.97. The summed E-state index contributed by atoms with van der Waals surface area (Å²) in [7, 11) is 0. The molecule has 4 rings (SSSR count). The van der Waals surface area contributed by atoms with Crippen LogP contribution < -0.4 is 5.43 Å². The van der Waals surface area contributed by atoms with Crippen LogP contribution in [0.25, 0.3) is 0 Å². The van der Waals surface area contributed by atoms with Crippen LogP contribution >= 0.6 is 0 Å². The molecule has 32 heavy (non-hydrogen) atoms. The predicted octanol–water partition coefficient (Wildman–Crippen LogP) is 2.71. The molecule has 1 amide bonds. The number of aromatic hydroxyl groups is 1. The highest BCUT2D eigenvalue weighted by atomic mass is 16.4. The Labute approximate surface area is 184 Å². The number of rotatable bonds is 5. The average Bonchev–Trinajstić information content (AvgIpc) is 2.80. The molecule has 0 radical (unpaired) electrons. The van der Waals surface area contributed by atoms with Crippen LogP contribution in [0.4, 0.5) is 0 Å². The molecule has 0 bridgehead atoms. The molecule has 1 aliphatic rings. The lowest BCUT2D eigenvalue weighted by atomic mass is 9.83. The van der Waals surface area contributed by atoms with E-state index in [1.807, 2.05) is 60.7 Å². The Morgan fingerprint density at radius 2 is 1.62 bits per heavy atom. The smallest absolute Gasteiger partial charge is 0.341 e. The van der Waals surface area contributed by atoms with Gasteiger partial charge in [-0.05, 0) is 11.1 Å². The highest BCUT2D eigenvalue weighted by Crippen LogP contribution is 2.40. The molecular formula is C25H20N2O5. The van der Waals surface area contributed by atoms with Crippen LogP contribution in [0, 0.1) is 12.3 Å². The molecule has 2 N–H and O–H groups in total. The fourth-order valence-electron chi connectivity index (χ4n) is 4.26. The second-order valence-corrected chi connectivity index (χ2v) is 7.54. The number of aromatic carboxylic acids is 1. The van der Waals surface area contributed by atoms with Crippen molar-refractivity contribution in [1.29, 1.82) is 0 Å². The molecule has 7 heteroatoms. The van der Waals surface area contributed by atoms with E-state index in [0.29, 0.717) is 0 Å². The first-order valence-corrected chi connectivity index (χ1v) is 9.98. The van der Waals surface area contributed by atoms with Gasteiger partial charge in [0.2, 0.25) is 5.43 Å². The summed E-state index contributed by atoms with van der Waals surface area (Å²) >= 11 is 0. The van der Waals surface area contributed by atoms with Crippen molar-refractivity contribution in [1.82, 2.24) is 9.47 Å². The largest absolute Gasteiger partial charge is 0.503 e. The van der Waals surface area contributed by atoms with E-state index in [1.54, 1.807) is 0 Å². The Morgan fingerprint density at radius 3 is 2.12 bits per heavy atom. The van der Waals surface area contributed by atoms with Crippen molar-refractivity contribution in [3.63, 3.8) is 0 Å². The van der Waals surface area contributed by atoms with E-state index in [4.69, 9.17) is 6.42 Å². The van der Waals surface area contributed by atoms with Gasteiger partial charge in [0, 0.05) is 18.7 Å². The number of hydrogen-bond donors (Lipinski definition) is 2. The van der Waals surface area contributed by atoms with Gasteiger partial charge in [0.15, 0.2) is 11.4 Å². The monoisotopic (exact) mass is 428 g/mol. The summed E-state index contributed by atoms with van der Waals surface area (Å²) in [6.45, 7) is 0.159. The van der Waals surface area contributed by atoms with Gasteiger partial charge < -0.3 is 19.7 Å². The van der Waals surface area contributed by atoms with Gasteiger partial charge >= 0.3 is 5.97 Å². The fourth-order valence-corrected chi connectivity index (χ4v) is 4.26. The quantitative estimate of drug-likeness (QED) is 0.609.